The first kappa shape index (κ1) is 22.9. The highest BCUT2D eigenvalue weighted by Gasteiger charge is 2.37. The summed E-state index contributed by atoms with van der Waals surface area (Å²) in [6.45, 7) is 2.22. The Labute approximate surface area is 186 Å². The Morgan fingerprint density at radius 3 is 2.55 bits per heavy atom. The van der Waals surface area contributed by atoms with Gasteiger partial charge in [0.05, 0.1) is 6.33 Å². The van der Waals surface area contributed by atoms with Gasteiger partial charge in [-0.25, -0.2) is 13.2 Å². The molecule has 3 aliphatic carbocycles. The molecule has 3 heteroatoms. The summed E-state index contributed by atoms with van der Waals surface area (Å²) in [5.41, 5.74) is 2.37. The maximum absolute atomic E-state index is 15.2. The lowest BCUT2D eigenvalue weighted by atomic mass is 9.63. The molecule has 5 atom stereocenters. The fourth-order valence-corrected chi connectivity index (χ4v) is 6.82. The van der Waals surface area contributed by atoms with Crippen molar-refractivity contribution in [1.29, 1.82) is 0 Å². The van der Waals surface area contributed by atoms with Crippen LogP contribution in [0.2, 0.25) is 0 Å². The third-order valence-electron chi connectivity index (χ3n) is 8.65. The Bertz CT molecular complexity index is 768. The monoisotopic (exact) mass is 432 g/mol. The van der Waals surface area contributed by atoms with Gasteiger partial charge in [-0.2, -0.15) is 0 Å². The predicted octanol–water partition coefficient (Wildman–Crippen LogP) is 8.82. The maximum atomic E-state index is 15.2. The summed E-state index contributed by atoms with van der Waals surface area (Å²) in [6.07, 6.45) is 17.4. The van der Waals surface area contributed by atoms with Gasteiger partial charge in [0.15, 0.2) is 11.6 Å². The fraction of sp³-hybridized carbons (Fsp3) is 0.714. The maximum Gasteiger partial charge on any atom is 0.162 e. The average molecular weight is 433 g/mol. The number of aryl methyl sites for hydroxylation is 1. The van der Waals surface area contributed by atoms with Gasteiger partial charge in [-0.15, -0.1) is 0 Å². The highest BCUT2D eigenvalue weighted by Crippen LogP contribution is 2.49. The van der Waals surface area contributed by atoms with Crippen molar-refractivity contribution < 1.29 is 13.2 Å². The van der Waals surface area contributed by atoms with Crippen LogP contribution in [0.3, 0.4) is 0 Å². The van der Waals surface area contributed by atoms with Gasteiger partial charge in [-0.05, 0) is 104 Å². The molecule has 0 saturated heterocycles. The molecule has 2 fully saturated rings. The van der Waals surface area contributed by atoms with Gasteiger partial charge in [0, 0.05) is 0 Å². The second-order valence-electron chi connectivity index (χ2n) is 10.6. The number of unbranched alkanes of at least 4 members (excludes halogenated alkanes) is 3. The first-order valence-corrected chi connectivity index (χ1v) is 12.9. The number of hydrogen-bond donors (Lipinski definition) is 0. The summed E-state index contributed by atoms with van der Waals surface area (Å²) in [6, 6.07) is 2.03. The highest BCUT2D eigenvalue weighted by molar-refractivity contribution is 5.38. The van der Waals surface area contributed by atoms with E-state index >= 15 is 8.78 Å². The molecule has 5 unspecified atom stereocenters. The van der Waals surface area contributed by atoms with Crippen molar-refractivity contribution in [2.75, 3.05) is 0 Å². The van der Waals surface area contributed by atoms with E-state index in [4.69, 9.17) is 0 Å². The highest BCUT2D eigenvalue weighted by atomic mass is 19.2. The van der Waals surface area contributed by atoms with Crippen LogP contribution in [0.4, 0.5) is 13.2 Å². The molecule has 0 amide bonds. The van der Waals surface area contributed by atoms with E-state index in [1.54, 1.807) is 6.08 Å². The van der Waals surface area contributed by atoms with Crippen LogP contribution >= 0.6 is 0 Å². The molecule has 3 aliphatic rings. The Balaban J connectivity index is 1.42. The molecule has 0 nitrogen and oxygen atoms in total. The first-order valence-electron chi connectivity index (χ1n) is 12.9. The smallest absolute Gasteiger partial charge is 0.162 e. The molecule has 0 radical (unpaired) electrons. The summed E-state index contributed by atoms with van der Waals surface area (Å²) in [5, 5.41) is 0. The van der Waals surface area contributed by atoms with Crippen molar-refractivity contribution in [3.8, 4) is 0 Å². The van der Waals surface area contributed by atoms with Crippen molar-refractivity contribution in [2.45, 2.75) is 103 Å². The van der Waals surface area contributed by atoms with E-state index in [9.17, 15) is 4.39 Å². The van der Waals surface area contributed by atoms with E-state index in [1.165, 1.54) is 25.7 Å². The molecule has 31 heavy (non-hydrogen) atoms. The third-order valence-corrected chi connectivity index (χ3v) is 8.65. The second kappa shape index (κ2) is 10.6. The lowest BCUT2D eigenvalue weighted by molar-refractivity contribution is 0.132. The minimum absolute atomic E-state index is 0.140. The Morgan fingerprint density at radius 1 is 0.935 bits per heavy atom. The zero-order valence-electron chi connectivity index (χ0n) is 19.2. The van der Waals surface area contributed by atoms with E-state index < -0.39 is 11.6 Å². The van der Waals surface area contributed by atoms with Crippen molar-refractivity contribution in [3.05, 3.63) is 46.8 Å². The Hall–Kier alpha value is -1.25. The van der Waals surface area contributed by atoms with Crippen LogP contribution in [0.25, 0.3) is 0 Å². The standard InChI is InChI=1S/C28H39F3/c1-2-3-4-5-6-19-8-10-24-18-26(28(31)27(30)25(24)16-19)23-12-11-21-15-20(13-14-29)7-9-22(21)17-23/h13-14,18-23H,2-12,15-17H2,1H3/b14-13+. The van der Waals surface area contributed by atoms with E-state index in [0.717, 1.165) is 63.4 Å². The lowest BCUT2D eigenvalue weighted by Gasteiger charge is -2.42. The molecule has 2 saturated carbocycles. The molecule has 0 spiro atoms. The molecular weight excluding hydrogens is 393 g/mol. The van der Waals surface area contributed by atoms with E-state index in [1.807, 2.05) is 6.07 Å². The van der Waals surface area contributed by atoms with Crippen LogP contribution < -0.4 is 0 Å². The number of fused-ring (bicyclic) bond motifs is 2. The zero-order chi connectivity index (χ0) is 21.8. The number of halogens is 3. The van der Waals surface area contributed by atoms with Crippen molar-refractivity contribution >= 4 is 0 Å². The molecule has 172 valence electrons. The van der Waals surface area contributed by atoms with Gasteiger partial charge < -0.3 is 0 Å². The number of benzene rings is 1. The quantitative estimate of drug-likeness (QED) is 0.378. The van der Waals surface area contributed by atoms with Crippen molar-refractivity contribution in [2.24, 2.45) is 23.7 Å². The fourth-order valence-electron chi connectivity index (χ4n) is 6.82. The van der Waals surface area contributed by atoms with E-state index in [2.05, 4.69) is 6.92 Å². The number of hydrogen-bond acceptors (Lipinski definition) is 0. The average Bonchev–Trinajstić information content (AvgIpc) is 2.79. The van der Waals surface area contributed by atoms with Gasteiger partial charge >= 0.3 is 0 Å². The van der Waals surface area contributed by atoms with Crippen molar-refractivity contribution in [3.63, 3.8) is 0 Å². The lowest BCUT2D eigenvalue weighted by Crippen LogP contribution is -2.30. The predicted molar refractivity (Wildman–Crippen MR) is 122 cm³/mol. The molecule has 4 rings (SSSR count). The molecule has 0 N–H and O–H groups in total. The normalized spacial score (nSPS) is 30.9. The summed E-state index contributed by atoms with van der Waals surface area (Å²) in [4.78, 5) is 0. The van der Waals surface area contributed by atoms with Crippen LogP contribution in [0.5, 0.6) is 0 Å². The van der Waals surface area contributed by atoms with Gasteiger partial charge in [0.25, 0.3) is 0 Å². The molecule has 1 aromatic carbocycles. The molecule has 0 aliphatic heterocycles. The summed E-state index contributed by atoms with van der Waals surface area (Å²) in [5.74, 6) is 1.08. The van der Waals surface area contributed by atoms with Gasteiger partial charge in [0.2, 0.25) is 0 Å². The zero-order valence-corrected chi connectivity index (χ0v) is 19.2. The molecular formula is C28H39F3. The largest absolute Gasteiger partial charge is 0.216 e. The minimum atomic E-state index is -0.567. The van der Waals surface area contributed by atoms with Crippen LogP contribution in [-0.4, -0.2) is 0 Å². The second-order valence-corrected chi connectivity index (χ2v) is 10.6. The van der Waals surface area contributed by atoms with Gasteiger partial charge in [0.1, 0.15) is 0 Å². The third kappa shape index (κ3) is 5.22. The molecule has 0 heterocycles. The summed E-state index contributed by atoms with van der Waals surface area (Å²) in [7, 11) is 0. The van der Waals surface area contributed by atoms with Crippen LogP contribution in [0, 0.1) is 35.3 Å². The van der Waals surface area contributed by atoms with Crippen LogP contribution in [0.15, 0.2) is 18.5 Å². The molecule has 1 aromatic rings. The summed E-state index contributed by atoms with van der Waals surface area (Å²) >= 11 is 0. The Kier molecular flexibility index (Phi) is 7.82. The minimum Gasteiger partial charge on any atom is -0.216 e. The van der Waals surface area contributed by atoms with E-state index in [-0.39, 0.29) is 5.92 Å². The van der Waals surface area contributed by atoms with Gasteiger partial charge in [-0.1, -0.05) is 51.2 Å². The first-order chi connectivity index (χ1) is 15.1. The molecule has 0 bridgehead atoms. The topological polar surface area (TPSA) is 0 Å². The number of rotatable bonds is 7. The van der Waals surface area contributed by atoms with E-state index in [0.29, 0.717) is 47.5 Å². The SMILES string of the molecule is CCCCCCC1CCc2cc(C3CCC4CC(/C=C/F)CCC4C3)c(F)c(F)c2C1. The molecule has 0 aromatic heterocycles. The summed E-state index contributed by atoms with van der Waals surface area (Å²) < 4.78 is 42.9. The van der Waals surface area contributed by atoms with Crippen LogP contribution in [-0.2, 0) is 12.8 Å². The van der Waals surface area contributed by atoms with Crippen LogP contribution in [0.1, 0.15) is 107 Å². The number of allylic oxidation sites excluding steroid dienone is 1. The van der Waals surface area contributed by atoms with Gasteiger partial charge in [-0.3, -0.25) is 0 Å². The van der Waals surface area contributed by atoms with Crippen molar-refractivity contribution in [1.82, 2.24) is 0 Å². The Morgan fingerprint density at radius 2 is 1.74 bits per heavy atom.